The number of imidazole rings is 1. The zero-order valence-electron chi connectivity index (χ0n) is 14.2. The number of hydrogen-bond donors (Lipinski definition) is 0. The maximum Gasteiger partial charge on any atom is 0.229 e. The molecule has 0 atom stereocenters. The molecule has 0 spiro atoms. The normalized spacial score (nSPS) is 17.6. The molecule has 5 nitrogen and oxygen atoms in total. The molecule has 0 N–H and O–H groups in total. The summed E-state index contributed by atoms with van der Waals surface area (Å²) in [6, 6.07) is 10.3. The fourth-order valence-corrected chi connectivity index (χ4v) is 4.80. The molecule has 0 aliphatic carbocycles. The van der Waals surface area contributed by atoms with Crippen LogP contribution in [0.2, 0.25) is 0 Å². The first-order valence-electron chi connectivity index (χ1n) is 8.71. The smallest absolute Gasteiger partial charge is 0.229 e. The first-order chi connectivity index (χ1) is 12.2. The van der Waals surface area contributed by atoms with E-state index in [0.717, 1.165) is 49.6 Å². The maximum atomic E-state index is 12.8. The Morgan fingerprint density at radius 1 is 1.24 bits per heavy atom. The van der Waals surface area contributed by atoms with E-state index < -0.39 is 0 Å². The Morgan fingerprint density at radius 3 is 2.92 bits per heavy atom. The Hall–Kier alpha value is -2.34. The first kappa shape index (κ1) is 15.0. The number of benzene rings is 1. The number of amides is 1. The van der Waals surface area contributed by atoms with Crippen LogP contribution in [-0.2, 0) is 24.8 Å². The Bertz CT molecular complexity index is 953. The van der Waals surface area contributed by atoms with Crippen LogP contribution in [0.5, 0.6) is 0 Å². The Morgan fingerprint density at radius 2 is 2.08 bits per heavy atom. The topological polar surface area (TPSA) is 41.4 Å². The van der Waals surface area contributed by atoms with Crippen molar-refractivity contribution in [3.63, 3.8) is 0 Å². The number of carbonyl (C=O) groups is 1. The average Bonchev–Trinajstić information content (AvgIpc) is 3.18. The van der Waals surface area contributed by atoms with Crippen LogP contribution in [-0.4, -0.2) is 40.0 Å². The molecule has 0 saturated carbocycles. The van der Waals surface area contributed by atoms with Crippen molar-refractivity contribution in [2.24, 2.45) is 13.0 Å². The lowest BCUT2D eigenvalue weighted by Crippen LogP contribution is -2.55. The van der Waals surface area contributed by atoms with Crippen LogP contribution < -0.4 is 4.90 Å². The van der Waals surface area contributed by atoms with Gasteiger partial charge in [0.15, 0.2) is 0 Å². The predicted octanol–water partition coefficient (Wildman–Crippen LogP) is 2.66. The number of para-hydroxylation sites is 2. The minimum absolute atomic E-state index is 0.0972. The average molecular weight is 352 g/mol. The Labute approximate surface area is 150 Å². The summed E-state index contributed by atoms with van der Waals surface area (Å²) in [5.41, 5.74) is 3.47. The zero-order chi connectivity index (χ0) is 17.0. The van der Waals surface area contributed by atoms with Gasteiger partial charge in [-0.15, -0.1) is 11.3 Å². The van der Waals surface area contributed by atoms with E-state index in [9.17, 15) is 4.79 Å². The summed E-state index contributed by atoms with van der Waals surface area (Å²) < 4.78 is 2.12. The minimum Gasteiger partial charge on any atom is -0.340 e. The molecule has 4 heterocycles. The molecule has 2 aromatic heterocycles. The van der Waals surface area contributed by atoms with Crippen LogP contribution in [0.1, 0.15) is 10.4 Å². The molecule has 1 amide bonds. The highest BCUT2D eigenvalue weighted by Crippen LogP contribution is 2.30. The molecular weight excluding hydrogens is 332 g/mol. The van der Waals surface area contributed by atoms with Crippen LogP contribution in [0.3, 0.4) is 0 Å². The quantitative estimate of drug-likeness (QED) is 0.712. The van der Waals surface area contributed by atoms with Gasteiger partial charge in [0.05, 0.1) is 17.0 Å². The van der Waals surface area contributed by atoms with Gasteiger partial charge in [-0.2, -0.15) is 0 Å². The first-order valence-corrected chi connectivity index (χ1v) is 9.59. The molecule has 1 fully saturated rings. The highest BCUT2D eigenvalue weighted by atomic mass is 32.1. The van der Waals surface area contributed by atoms with Gasteiger partial charge >= 0.3 is 0 Å². The molecule has 0 unspecified atom stereocenters. The molecule has 25 heavy (non-hydrogen) atoms. The van der Waals surface area contributed by atoms with E-state index in [1.165, 1.54) is 10.4 Å². The molecule has 6 heteroatoms. The third-order valence-corrected chi connectivity index (χ3v) is 6.42. The van der Waals surface area contributed by atoms with Gasteiger partial charge in [0.1, 0.15) is 0 Å². The van der Waals surface area contributed by atoms with Crippen molar-refractivity contribution in [1.29, 1.82) is 0 Å². The van der Waals surface area contributed by atoms with E-state index in [1.54, 1.807) is 0 Å². The second kappa shape index (κ2) is 5.59. The van der Waals surface area contributed by atoms with Crippen molar-refractivity contribution in [3.05, 3.63) is 46.2 Å². The van der Waals surface area contributed by atoms with Gasteiger partial charge in [-0.25, -0.2) is 4.98 Å². The highest BCUT2D eigenvalue weighted by molar-refractivity contribution is 7.10. The number of anilines is 1. The van der Waals surface area contributed by atoms with Crippen LogP contribution in [0, 0.1) is 5.92 Å². The van der Waals surface area contributed by atoms with E-state index in [0.29, 0.717) is 5.91 Å². The van der Waals surface area contributed by atoms with Crippen LogP contribution in [0.25, 0.3) is 11.0 Å². The van der Waals surface area contributed by atoms with Gasteiger partial charge in [-0.3, -0.25) is 4.79 Å². The summed E-state index contributed by atoms with van der Waals surface area (Å²) in [5, 5.41) is 2.13. The summed E-state index contributed by atoms with van der Waals surface area (Å²) in [4.78, 5) is 23.2. The van der Waals surface area contributed by atoms with Crippen LogP contribution >= 0.6 is 11.3 Å². The molecule has 1 saturated heterocycles. The molecule has 128 valence electrons. The summed E-state index contributed by atoms with van der Waals surface area (Å²) >= 11 is 1.81. The lowest BCUT2D eigenvalue weighted by molar-refractivity contribution is -0.137. The van der Waals surface area contributed by atoms with Gasteiger partial charge in [0.2, 0.25) is 11.9 Å². The van der Waals surface area contributed by atoms with Crippen molar-refractivity contribution < 1.29 is 4.79 Å². The summed E-state index contributed by atoms with van der Waals surface area (Å²) in [6.07, 6.45) is 1.000. The number of carbonyl (C=O) groups excluding carboxylic acids is 1. The van der Waals surface area contributed by atoms with Gasteiger partial charge < -0.3 is 14.4 Å². The molecule has 2 aliphatic rings. The van der Waals surface area contributed by atoms with Crippen molar-refractivity contribution >= 4 is 34.2 Å². The lowest BCUT2D eigenvalue weighted by Gasteiger charge is -2.41. The fraction of sp³-hybridized carbons (Fsp3) is 0.368. The second-order valence-corrected chi connectivity index (χ2v) is 7.94. The van der Waals surface area contributed by atoms with Gasteiger partial charge in [0, 0.05) is 38.1 Å². The van der Waals surface area contributed by atoms with Gasteiger partial charge in [0.25, 0.3) is 0 Å². The number of aromatic nitrogens is 2. The predicted molar refractivity (Wildman–Crippen MR) is 99.9 cm³/mol. The maximum absolute atomic E-state index is 12.8. The molecule has 5 rings (SSSR count). The monoisotopic (exact) mass is 352 g/mol. The zero-order valence-corrected chi connectivity index (χ0v) is 15.0. The molecule has 2 aliphatic heterocycles. The number of hydrogen-bond acceptors (Lipinski definition) is 4. The van der Waals surface area contributed by atoms with Gasteiger partial charge in [-0.05, 0) is 35.6 Å². The number of fused-ring (bicyclic) bond motifs is 2. The van der Waals surface area contributed by atoms with Crippen LogP contribution in [0.15, 0.2) is 35.7 Å². The largest absolute Gasteiger partial charge is 0.340 e. The third kappa shape index (κ3) is 2.35. The SMILES string of the molecule is Cn1c(N2CC(C(=O)N3CCc4sccc4C3)C2)nc2ccccc21. The lowest BCUT2D eigenvalue weighted by atomic mass is 9.97. The Kier molecular flexibility index (Phi) is 3.35. The van der Waals surface area contributed by atoms with E-state index in [-0.39, 0.29) is 5.92 Å². The number of thiophene rings is 1. The summed E-state index contributed by atoms with van der Waals surface area (Å²) in [5.74, 6) is 1.36. The van der Waals surface area contributed by atoms with Crippen LogP contribution in [0.4, 0.5) is 5.95 Å². The second-order valence-electron chi connectivity index (χ2n) is 6.94. The summed E-state index contributed by atoms with van der Waals surface area (Å²) in [7, 11) is 2.04. The molecule has 0 radical (unpaired) electrons. The van der Waals surface area contributed by atoms with Crippen molar-refractivity contribution in [2.45, 2.75) is 13.0 Å². The Balaban J connectivity index is 1.28. The van der Waals surface area contributed by atoms with Crippen molar-refractivity contribution in [1.82, 2.24) is 14.5 Å². The van der Waals surface area contributed by atoms with Gasteiger partial charge in [-0.1, -0.05) is 12.1 Å². The number of rotatable bonds is 2. The molecule has 0 bridgehead atoms. The standard InChI is InChI=1S/C19H20N4OS/c1-21-16-5-3-2-4-15(16)20-19(21)23-11-14(12-23)18(24)22-8-6-17-13(10-22)7-9-25-17/h2-5,7,9,14H,6,8,10-12H2,1H3. The fourth-order valence-electron chi connectivity index (χ4n) is 3.91. The van der Waals surface area contributed by atoms with E-state index in [1.807, 2.05) is 41.5 Å². The highest BCUT2D eigenvalue weighted by Gasteiger charge is 2.38. The molecule has 3 aromatic rings. The summed E-state index contributed by atoms with van der Waals surface area (Å²) in [6.45, 7) is 3.17. The van der Waals surface area contributed by atoms with E-state index in [4.69, 9.17) is 4.98 Å². The minimum atomic E-state index is 0.0972. The molecule has 1 aromatic carbocycles. The third-order valence-electron chi connectivity index (χ3n) is 5.40. The number of nitrogens with zero attached hydrogens (tertiary/aromatic N) is 4. The van der Waals surface area contributed by atoms with E-state index >= 15 is 0 Å². The van der Waals surface area contributed by atoms with Crippen molar-refractivity contribution in [3.8, 4) is 0 Å². The van der Waals surface area contributed by atoms with E-state index in [2.05, 4.69) is 27.0 Å². The number of aryl methyl sites for hydroxylation is 1. The van der Waals surface area contributed by atoms with Crippen molar-refractivity contribution in [2.75, 3.05) is 24.5 Å². The molecular formula is C19H20N4OS.